The van der Waals surface area contributed by atoms with E-state index in [-0.39, 0.29) is 11.9 Å². The monoisotopic (exact) mass is 428 g/mol. The molecule has 0 bridgehead atoms. The molecule has 1 aromatic heterocycles. The molecule has 1 heterocycles. The highest BCUT2D eigenvalue weighted by Crippen LogP contribution is 2.23. The Hall–Kier alpha value is -3.03. The summed E-state index contributed by atoms with van der Waals surface area (Å²) < 4.78 is 0. The third-order valence-corrected chi connectivity index (χ3v) is 5.10. The highest BCUT2D eigenvalue weighted by Gasteiger charge is 2.16. The summed E-state index contributed by atoms with van der Waals surface area (Å²) >= 11 is 5.93. The Morgan fingerprint density at radius 3 is 2.53 bits per heavy atom. The van der Waals surface area contributed by atoms with Gasteiger partial charge < -0.3 is 10.3 Å². The van der Waals surface area contributed by atoms with Gasteiger partial charge in [0.2, 0.25) is 5.91 Å². The summed E-state index contributed by atoms with van der Waals surface area (Å²) in [6, 6.07) is 14.6. The molecule has 2 aromatic carbocycles. The van der Waals surface area contributed by atoms with E-state index < -0.39 is 0 Å². The predicted molar refractivity (Wildman–Crippen MR) is 119 cm³/mol. The van der Waals surface area contributed by atoms with E-state index in [0.29, 0.717) is 30.1 Å². The summed E-state index contributed by atoms with van der Waals surface area (Å²) in [4.78, 5) is 29.0. The lowest BCUT2D eigenvalue weighted by Gasteiger charge is -2.23. The topological polar surface area (TPSA) is 97.5 Å². The number of aromatic amines is 1. The largest absolute Gasteiger partial charge is 0.361 e. The summed E-state index contributed by atoms with van der Waals surface area (Å²) in [5.74, 6) is -0.376. The lowest BCUT2D eigenvalue weighted by molar-refractivity contribution is -0.129. The number of hydrogen-bond donors (Lipinski definition) is 4. The van der Waals surface area contributed by atoms with E-state index in [0.717, 1.165) is 35.9 Å². The zero-order valence-corrected chi connectivity index (χ0v) is 17.3. The molecule has 0 spiro atoms. The standard InChI is InChI=1S/C22H25ClN4O3/c23-17-6-8-18(9-7-17)25-22(29)27(14-4-2-1-3-5-21(28)26-30)19-10-11-20-16(15-19)12-13-24-20/h6-13,15,24,30H,1-5,14H2,(H,25,29)(H,26,28). The number of hydrogen-bond acceptors (Lipinski definition) is 3. The van der Waals surface area contributed by atoms with Crippen molar-refractivity contribution in [2.75, 3.05) is 16.8 Å². The first-order chi connectivity index (χ1) is 14.6. The molecule has 0 unspecified atom stereocenters. The minimum atomic E-state index is -0.376. The van der Waals surface area contributed by atoms with E-state index in [1.54, 1.807) is 34.6 Å². The highest BCUT2D eigenvalue weighted by atomic mass is 35.5. The molecule has 30 heavy (non-hydrogen) atoms. The van der Waals surface area contributed by atoms with Crippen LogP contribution < -0.4 is 15.7 Å². The van der Waals surface area contributed by atoms with E-state index in [1.807, 2.05) is 30.5 Å². The molecular weight excluding hydrogens is 404 g/mol. The van der Waals surface area contributed by atoms with Crippen molar-refractivity contribution in [2.45, 2.75) is 32.1 Å². The first-order valence-corrected chi connectivity index (χ1v) is 10.3. The maximum absolute atomic E-state index is 13.0. The molecule has 0 atom stereocenters. The number of rotatable bonds is 9. The Labute approximate surface area is 180 Å². The lowest BCUT2D eigenvalue weighted by atomic mass is 10.1. The first-order valence-electron chi connectivity index (χ1n) is 9.91. The van der Waals surface area contributed by atoms with Crippen LogP contribution in [0, 0.1) is 0 Å². The smallest absolute Gasteiger partial charge is 0.326 e. The Kier molecular flexibility index (Phi) is 7.70. The van der Waals surface area contributed by atoms with Gasteiger partial charge in [-0.05, 0) is 61.4 Å². The SMILES string of the molecule is O=C(CCCCCCN(C(=O)Nc1ccc(Cl)cc1)c1ccc2[nH]ccc2c1)NO. The molecule has 0 aliphatic heterocycles. The van der Waals surface area contributed by atoms with Gasteiger partial charge in [-0.25, -0.2) is 10.3 Å². The van der Waals surface area contributed by atoms with Crippen LogP contribution in [-0.2, 0) is 4.79 Å². The lowest BCUT2D eigenvalue weighted by Crippen LogP contribution is -2.35. The fourth-order valence-electron chi connectivity index (χ4n) is 3.25. The zero-order valence-electron chi connectivity index (χ0n) is 16.5. The van der Waals surface area contributed by atoms with Crippen molar-refractivity contribution < 1.29 is 14.8 Å². The number of nitrogens with one attached hydrogen (secondary N) is 3. The number of H-pyrrole nitrogens is 1. The van der Waals surface area contributed by atoms with Crippen molar-refractivity contribution in [3.05, 3.63) is 59.8 Å². The van der Waals surface area contributed by atoms with Crippen LogP contribution >= 0.6 is 11.6 Å². The Balaban J connectivity index is 1.65. The number of carbonyl (C=O) groups excluding carboxylic acids is 2. The number of anilines is 2. The maximum atomic E-state index is 13.0. The molecule has 0 radical (unpaired) electrons. The molecule has 0 aliphatic carbocycles. The van der Waals surface area contributed by atoms with Crippen LogP contribution in [-0.4, -0.2) is 28.7 Å². The molecule has 0 aliphatic rings. The minimum Gasteiger partial charge on any atom is -0.361 e. The second kappa shape index (κ2) is 10.7. The number of benzene rings is 2. The normalized spacial score (nSPS) is 10.7. The van der Waals surface area contributed by atoms with E-state index >= 15 is 0 Å². The molecule has 0 fully saturated rings. The fourth-order valence-corrected chi connectivity index (χ4v) is 3.37. The number of nitrogens with zero attached hydrogens (tertiary/aromatic N) is 1. The predicted octanol–water partition coefficient (Wildman–Crippen LogP) is 5.32. The van der Waals surface area contributed by atoms with Crippen molar-refractivity contribution in [3.63, 3.8) is 0 Å². The second-order valence-electron chi connectivity index (χ2n) is 7.04. The second-order valence-corrected chi connectivity index (χ2v) is 7.47. The van der Waals surface area contributed by atoms with Crippen molar-refractivity contribution in [1.29, 1.82) is 0 Å². The van der Waals surface area contributed by atoms with Crippen LogP contribution in [0.1, 0.15) is 32.1 Å². The van der Waals surface area contributed by atoms with Crippen LogP contribution in [0.4, 0.5) is 16.2 Å². The Bertz CT molecular complexity index is 987. The van der Waals surface area contributed by atoms with E-state index in [9.17, 15) is 9.59 Å². The van der Waals surface area contributed by atoms with Crippen LogP contribution in [0.5, 0.6) is 0 Å². The third kappa shape index (κ3) is 5.98. The molecule has 4 N–H and O–H groups in total. The third-order valence-electron chi connectivity index (χ3n) is 4.85. The Morgan fingerprint density at radius 2 is 1.77 bits per heavy atom. The van der Waals surface area contributed by atoms with Gasteiger partial charge in [0.15, 0.2) is 0 Å². The first kappa shape index (κ1) is 21.7. The number of unbranched alkanes of at least 4 members (excludes halogenated alkanes) is 3. The van der Waals surface area contributed by atoms with E-state index in [4.69, 9.17) is 16.8 Å². The van der Waals surface area contributed by atoms with Gasteiger partial charge in [0, 0.05) is 46.5 Å². The van der Waals surface area contributed by atoms with Crippen LogP contribution in [0.2, 0.25) is 5.02 Å². The summed E-state index contributed by atoms with van der Waals surface area (Å²) in [7, 11) is 0. The van der Waals surface area contributed by atoms with Gasteiger partial charge in [0.1, 0.15) is 0 Å². The molecule has 0 saturated heterocycles. The van der Waals surface area contributed by atoms with Crippen LogP contribution in [0.15, 0.2) is 54.7 Å². The van der Waals surface area contributed by atoms with Gasteiger partial charge in [-0.3, -0.25) is 14.9 Å². The summed E-state index contributed by atoms with van der Waals surface area (Å²) in [5.41, 5.74) is 4.14. The zero-order chi connectivity index (χ0) is 21.3. The Morgan fingerprint density at radius 1 is 1.00 bits per heavy atom. The number of carbonyl (C=O) groups is 2. The molecule has 158 valence electrons. The van der Waals surface area contributed by atoms with E-state index in [1.165, 1.54) is 0 Å². The molecule has 3 aromatic rings. The molecule has 3 rings (SSSR count). The van der Waals surface area contributed by atoms with Crippen LogP contribution in [0.25, 0.3) is 10.9 Å². The van der Waals surface area contributed by atoms with Gasteiger partial charge in [-0.1, -0.05) is 24.4 Å². The molecule has 7 nitrogen and oxygen atoms in total. The number of amides is 3. The van der Waals surface area contributed by atoms with Crippen molar-refractivity contribution in [2.24, 2.45) is 0 Å². The van der Waals surface area contributed by atoms with Crippen molar-refractivity contribution >= 4 is 45.8 Å². The van der Waals surface area contributed by atoms with Crippen molar-refractivity contribution in [1.82, 2.24) is 10.5 Å². The average molecular weight is 429 g/mol. The van der Waals surface area contributed by atoms with Gasteiger partial charge in [-0.15, -0.1) is 0 Å². The average Bonchev–Trinajstić information content (AvgIpc) is 3.22. The van der Waals surface area contributed by atoms with Crippen molar-refractivity contribution in [3.8, 4) is 0 Å². The number of urea groups is 1. The number of fused-ring (bicyclic) bond motifs is 1. The van der Waals surface area contributed by atoms with Crippen LogP contribution in [0.3, 0.4) is 0 Å². The quantitative estimate of drug-likeness (QED) is 0.211. The minimum absolute atomic E-state index is 0.216. The number of aromatic nitrogens is 1. The molecule has 3 amide bonds. The molecule has 8 heteroatoms. The number of halogens is 1. The molecule has 0 saturated carbocycles. The summed E-state index contributed by atoms with van der Waals surface area (Å²) in [6.45, 7) is 0.543. The van der Waals surface area contributed by atoms with Gasteiger partial charge in [-0.2, -0.15) is 0 Å². The fraction of sp³-hybridized carbons (Fsp3) is 0.273. The summed E-state index contributed by atoms with van der Waals surface area (Å²) in [5, 5.41) is 13.1. The summed E-state index contributed by atoms with van der Waals surface area (Å²) in [6.07, 6.45) is 5.36. The van der Waals surface area contributed by atoms with Gasteiger partial charge in [0.05, 0.1) is 0 Å². The maximum Gasteiger partial charge on any atom is 0.326 e. The van der Waals surface area contributed by atoms with E-state index in [2.05, 4.69) is 10.3 Å². The number of hydroxylamine groups is 1. The molecular formula is C22H25ClN4O3. The van der Waals surface area contributed by atoms with Gasteiger partial charge >= 0.3 is 6.03 Å². The highest BCUT2D eigenvalue weighted by molar-refractivity contribution is 6.30. The van der Waals surface area contributed by atoms with Gasteiger partial charge in [0.25, 0.3) is 0 Å².